The summed E-state index contributed by atoms with van der Waals surface area (Å²) in [7, 11) is 0. The van der Waals surface area contributed by atoms with Gasteiger partial charge in [0, 0.05) is 13.1 Å². The number of benzene rings is 1. The molecule has 1 rings (SSSR count). The van der Waals surface area contributed by atoms with Gasteiger partial charge in [0.2, 0.25) is 0 Å². The number of nitrogens with zero attached hydrogens (tertiary/aromatic N) is 1. The van der Waals surface area contributed by atoms with Gasteiger partial charge in [-0.1, -0.05) is 19.1 Å². The first-order valence-corrected chi connectivity index (χ1v) is 6.70. The Bertz CT molecular complexity index is 346. The monoisotopic (exact) mass is 251 g/mol. The number of aryl methyl sites for hydroxylation is 2. The van der Waals surface area contributed by atoms with Crippen LogP contribution >= 0.6 is 0 Å². The van der Waals surface area contributed by atoms with E-state index >= 15 is 0 Å². The van der Waals surface area contributed by atoms with E-state index in [1.54, 1.807) is 0 Å². The van der Waals surface area contributed by atoms with Crippen molar-refractivity contribution in [1.82, 2.24) is 4.90 Å². The zero-order valence-corrected chi connectivity index (χ0v) is 11.8. The molecular formula is C15H25NO2. The lowest BCUT2D eigenvalue weighted by molar-refractivity contribution is 0.168. The van der Waals surface area contributed by atoms with Crippen molar-refractivity contribution in [3.05, 3.63) is 29.3 Å². The van der Waals surface area contributed by atoms with Gasteiger partial charge in [0.05, 0.1) is 6.61 Å². The Morgan fingerprint density at radius 2 is 1.94 bits per heavy atom. The smallest absolute Gasteiger partial charge is 0.122 e. The highest BCUT2D eigenvalue weighted by Crippen LogP contribution is 2.18. The maximum atomic E-state index is 8.98. The summed E-state index contributed by atoms with van der Waals surface area (Å²) in [6.45, 7) is 9.76. The molecule has 0 amide bonds. The standard InChI is InChI=1S/C15H25NO2/c1-4-7-16(8-10-17)9-11-18-15-12-13(2)5-6-14(15)3/h5-6,12,17H,4,7-11H2,1-3H3. The molecule has 0 saturated heterocycles. The largest absolute Gasteiger partial charge is 0.492 e. The highest BCUT2D eigenvalue weighted by molar-refractivity contribution is 5.35. The van der Waals surface area contributed by atoms with E-state index in [2.05, 4.69) is 43.9 Å². The molecule has 0 heterocycles. The van der Waals surface area contributed by atoms with Crippen LogP contribution < -0.4 is 4.74 Å². The Morgan fingerprint density at radius 1 is 1.17 bits per heavy atom. The summed E-state index contributed by atoms with van der Waals surface area (Å²) in [5.41, 5.74) is 2.39. The van der Waals surface area contributed by atoms with Crippen molar-refractivity contribution >= 4 is 0 Å². The molecule has 0 atom stereocenters. The van der Waals surface area contributed by atoms with E-state index in [1.807, 2.05) is 0 Å². The number of aliphatic hydroxyl groups excluding tert-OH is 1. The normalized spacial score (nSPS) is 10.9. The molecule has 102 valence electrons. The van der Waals surface area contributed by atoms with Crippen LogP contribution in [0.15, 0.2) is 18.2 Å². The fourth-order valence-corrected chi connectivity index (χ4v) is 1.94. The maximum absolute atomic E-state index is 8.98. The lowest BCUT2D eigenvalue weighted by Crippen LogP contribution is -2.31. The van der Waals surface area contributed by atoms with E-state index in [0.717, 1.165) is 31.8 Å². The topological polar surface area (TPSA) is 32.7 Å². The summed E-state index contributed by atoms with van der Waals surface area (Å²) in [6, 6.07) is 6.26. The number of ether oxygens (including phenoxy) is 1. The second kappa shape index (κ2) is 8.11. The lowest BCUT2D eigenvalue weighted by atomic mass is 10.1. The van der Waals surface area contributed by atoms with Crippen LogP contribution in [0, 0.1) is 13.8 Å². The number of rotatable bonds is 8. The second-order valence-corrected chi connectivity index (χ2v) is 4.68. The summed E-state index contributed by atoms with van der Waals surface area (Å²) in [6.07, 6.45) is 1.10. The third-order valence-electron chi connectivity index (χ3n) is 2.96. The molecule has 0 unspecified atom stereocenters. The molecule has 0 saturated carbocycles. The van der Waals surface area contributed by atoms with Gasteiger partial charge < -0.3 is 9.84 Å². The fraction of sp³-hybridized carbons (Fsp3) is 0.600. The second-order valence-electron chi connectivity index (χ2n) is 4.68. The summed E-state index contributed by atoms with van der Waals surface area (Å²) in [4.78, 5) is 2.23. The number of hydrogen-bond acceptors (Lipinski definition) is 3. The molecule has 3 nitrogen and oxygen atoms in total. The third-order valence-corrected chi connectivity index (χ3v) is 2.96. The van der Waals surface area contributed by atoms with E-state index in [0.29, 0.717) is 6.61 Å². The molecule has 3 heteroatoms. The van der Waals surface area contributed by atoms with Crippen LogP contribution in [0.25, 0.3) is 0 Å². The summed E-state index contributed by atoms with van der Waals surface area (Å²) >= 11 is 0. The Labute approximate surface area is 110 Å². The molecule has 18 heavy (non-hydrogen) atoms. The first kappa shape index (κ1) is 15.0. The predicted octanol–water partition coefficient (Wildman–Crippen LogP) is 2.39. The van der Waals surface area contributed by atoms with Gasteiger partial charge in [-0.15, -0.1) is 0 Å². The van der Waals surface area contributed by atoms with E-state index < -0.39 is 0 Å². The molecule has 1 aromatic rings. The van der Waals surface area contributed by atoms with Crippen LogP contribution in [0.2, 0.25) is 0 Å². The van der Waals surface area contributed by atoms with Gasteiger partial charge in [-0.25, -0.2) is 0 Å². The predicted molar refractivity (Wildman–Crippen MR) is 75.2 cm³/mol. The van der Waals surface area contributed by atoms with E-state index in [4.69, 9.17) is 9.84 Å². The van der Waals surface area contributed by atoms with E-state index in [9.17, 15) is 0 Å². The molecule has 0 spiro atoms. The van der Waals surface area contributed by atoms with E-state index in [-0.39, 0.29) is 6.61 Å². The van der Waals surface area contributed by atoms with Gasteiger partial charge >= 0.3 is 0 Å². The quantitative estimate of drug-likeness (QED) is 0.770. The minimum absolute atomic E-state index is 0.212. The van der Waals surface area contributed by atoms with Crippen molar-refractivity contribution in [2.24, 2.45) is 0 Å². The Balaban J connectivity index is 2.41. The zero-order valence-electron chi connectivity index (χ0n) is 11.8. The van der Waals surface area contributed by atoms with Crippen LogP contribution in [0.5, 0.6) is 5.75 Å². The van der Waals surface area contributed by atoms with Crippen molar-refractivity contribution in [2.75, 3.05) is 32.8 Å². The van der Waals surface area contributed by atoms with E-state index in [1.165, 1.54) is 11.1 Å². The van der Waals surface area contributed by atoms with Crippen LogP contribution in [0.3, 0.4) is 0 Å². The van der Waals surface area contributed by atoms with Crippen molar-refractivity contribution in [1.29, 1.82) is 0 Å². The van der Waals surface area contributed by atoms with Crippen molar-refractivity contribution < 1.29 is 9.84 Å². The molecule has 0 aliphatic heterocycles. The van der Waals surface area contributed by atoms with Crippen molar-refractivity contribution in [2.45, 2.75) is 27.2 Å². The van der Waals surface area contributed by atoms with Gasteiger partial charge in [-0.2, -0.15) is 0 Å². The van der Waals surface area contributed by atoms with Gasteiger partial charge in [0.15, 0.2) is 0 Å². The Kier molecular flexibility index (Phi) is 6.76. The molecule has 0 bridgehead atoms. The van der Waals surface area contributed by atoms with Crippen LogP contribution in [0.1, 0.15) is 24.5 Å². The van der Waals surface area contributed by atoms with Gasteiger partial charge in [0.1, 0.15) is 12.4 Å². The van der Waals surface area contributed by atoms with Crippen LogP contribution in [-0.2, 0) is 0 Å². The number of hydrogen-bond donors (Lipinski definition) is 1. The van der Waals surface area contributed by atoms with Crippen LogP contribution in [0.4, 0.5) is 0 Å². The summed E-state index contributed by atoms with van der Waals surface area (Å²) in [5, 5.41) is 8.98. The highest BCUT2D eigenvalue weighted by Gasteiger charge is 2.04. The molecule has 0 aliphatic carbocycles. The fourth-order valence-electron chi connectivity index (χ4n) is 1.94. The van der Waals surface area contributed by atoms with Gasteiger partial charge in [-0.05, 0) is 44.0 Å². The molecule has 0 fully saturated rings. The minimum atomic E-state index is 0.212. The molecule has 0 radical (unpaired) electrons. The summed E-state index contributed by atoms with van der Waals surface area (Å²) < 4.78 is 5.82. The first-order valence-electron chi connectivity index (χ1n) is 6.70. The SMILES string of the molecule is CCCN(CCO)CCOc1cc(C)ccc1C. The van der Waals surface area contributed by atoms with Crippen molar-refractivity contribution in [3.8, 4) is 5.75 Å². The molecule has 0 aromatic heterocycles. The Morgan fingerprint density at radius 3 is 2.61 bits per heavy atom. The first-order chi connectivity index (χ1) is 8.67. The van der Waals surface area contributed by atoms with Gasteiger partial charge in [0.25, 0.3) is 0 Å². The number of aliphatic hydroxyl groups is 1. The summed E-state index contributed by atoms with van der Waals surface area (Å²) in [5.74, 6) is 0.968. The maximum Gasteiger partial charge on any atom is 0.122 e. The van der Waals surface area contributed by atoms with Crippen molar-refractivity contribution in [3.63, 3.8) is 0 Å². The average Bonchev–Trinajstić information content (AvgIpc) is 2.34. The molecule has 1 N–H and O–H groups in total. The van der Waals surface area contributed by atoms with Crippen LogP contribution in [-0.4, -0.2) is 42.9 Å². The Hall–Kier alpha value is -1.06. The highest BCUT2D eigenvalue weighted by atomic mass is 16.5. The third kappa shape index (κ3) is 5.07. The average molecular weight is 251 g/mol. The molecular weight excluding hydrogens is 226 g/mol. The molecule has 1 aromatic carbocycles. The van der Waals surface area contributed by atoms with Gasteiger partial charge in [-0.3, -0.25) is 4.90 Å². The lowest BCUT2D eigenvalue weighted by Gasteiger charge is -2.20. The minimum Gasteiger partial charge on any atom is -0.492 e. The molecule has 0 aliphatic rings. The zero-order chi connectivity index (χ0) is 13.4.